The van der Waals surface area contributed by atoms with Gasteiger partial charge in [-0.25, -0.2) is 0 Å². The lowest BCUT2D eigenvalue weighted by Gasteiger charge is -2.12. The fraction of sp³-hybridized carbons (Fsp3) is 0.375. The van der Waals surface area contributed by atoms with Gasteiger partial charge in [0.1, 0.15) is 0 Å². The van der Waals surface area contributed by atoms with Gasteiger partial charge < -0.3 is 15.4 Å². The molecule has 0 aliphatic rings. The van der Waals surface area contributed by atoms with Crippen LogP contribution in [0.15, 0.2) is 23.0 Å². The van der Waals surface area contributed by atoms with Crippen molar-refractivity contribution in [2.75, 3.05) is 19.0 Å². The Morgan fingerprint density at radius 3 is 2.78 bits per heavy atom. The van der Waals surface area contributed by atoms with Gasteiger partial charge in [-0.2, -0.15) is 0 Å². The molecule has 1 aromatic carbocycles. The van der Waals surface area contributed by atoms with Gasteiger partial charge in [-0.3, -0.25) is 19.4 Å². The molecule has 0 atom stereocenters. The molecule has 7 heteroatoms. The molecular weight excluding hydrogens is 296 g/mol. The number of aromatic amines is 1. The second kappa shape index (κ2) is 7.04. The summed E-state index contributed by atoms with van der Waals surface area (Å²) in [5, 5.41) is 8.78. The normalized spacial score (nSPS) is 10.4. The molecule has 0 radical (unpaired) electrons. The third-order valence-corrected chi connectivity index (χ3v) is 3.68. The summed E-state index contributed by atoms with van der Waals surface area (Å²) in [7, 11) is 3.07. The summed E-state index contributed by atoms with van der Waals surface area (Å²) in [5.74, 6) is 0.128. The maximum absolute atomic E-state index is 12.4. The van der Waals surface area contributed by atoms with E-state index in [4.69, 9.17) is 4.74 Å². The molecule has 1 heterocycles. The molecule has 2 rings (SSSR count). The lowest BCUT2D eigenvalue weighted by molar-refractivity contribution is 0.0950. The van der Waals surface area contributed by atoms with E-state index in [2.05, 4.69) is 15.7 Å². The number of aryl methyl sites for hydroxylation is 1. The van der Waals surface area contributed by atoms with Crippen LogP contribution in [0.4, 0.5) is 5.69 Å². The summed E-state index contributed by atoms with van der Waals surface area (Å²) < 4.78 is 6.44. The van der Waals surface area contributed by atoms with E-state index in [1.54, 1.807) is 13.1 Å². The van der Waals surface area contributed by atoms with Gasteiger partial charge >= 0.3 is 0 Å². The van der Waals surface area contributed by atoms with Crippen LogP contribution in [0.1, 0.15) is 28.4 Å². The predicted octanol–water partition coefficient (Wildman–Crippen LogP) is 1.39. The Morgan fingerprint density at radius 2 is 2.13 bits per heavy atom. The molecule has 3 N–H and O–H groups in total. The van der Waals surface area contributed by atoms with Gasteiger partial charge in [-0.1, -0.05) is 6.07 Å². The molecule has 23 heavy (non-hydrogen) atoms. The van der Waals surface area contributed by atoms with Crippen LogP contribution in [0.5, 0.6) is 5.88 Å². The van der Waals surface area contributed by atoms with Crippen molar-refractivity contribution in [1.82, 2.24) is 15.1 Å². The fourth-order valence-electron chi connectivity index (χ4n) is 2.42. The van der Waals surface area contributed by atoms with E-state index < -0.39 is 0 Å². The van der Waals surface area contributed by atoms with Gasteiger partial charge in [0.15, 0.2) is 0 Å². The number of aromatic nitrogens is 2. The number of hydrogen-bond acceptors (Lipinski definition) is 4. The number of hydrogen-bond donors (Lipinski definition) is 3. The van der Waals surface area contributed by atoms with Crippen LogP contribution < -0.4 is 20.9 Å². The summed E-state index contributed by atoms with van der Waals surface area (Å²) in [5.41, 5.74) is 2.55. The van der Waals surface area contributed by atoms with Crippen molar-refractivity contribution in [2.45, 2.75) is 20.4 Å². The molecule has 2 aromatic rings. The highest BCUT2D eigenvalue weighted by Gasteiger charge is 2.16. The lowest BCUT2D eigenvalue weighted by Crippen LogP contribution is -2.27. The molecule has 0 fully saturated rings. The van der Waals surface area contributed by atoms with Crippen molar-refractivity contribution in [3.63, 3.8) is 0 Å². The van der Waals surface area contributed by atoms with E-state index in [0.717, 1.165) is 17.8 Å². The molecule has 0 aliphatic carbocycles. The smallest absolute Gasteiger partial charge is 0.275 e. The lowest BCUT2D eigenvalue weighted by atomic mass is 10.1. The van der Waals surface area contributed by atoms with Crippen LogP contribution in [-0.2, 0) is 13.6 Å². The number of amides is 1. The molecular formula is C16H22N4O3. The van der Waals surface area contributed by atoms with Crippen LogP contribution in [0.3, 0.4) is 0 Å². The third-order valence-electron chi connectivity index (χ3n) is 3.68. The number of carbonyl (C=O) groups excluding carboxylic acids is 1. The highest BCUT2D eigenvalue weighted by molar-refractivity contribution is 5.97. The topological polar surface area (TPSA) is 88.2 Å². The predicted molar refractivity (Wildman–Crippen MR) is 89.1 cm³/mol. The highest BCUT2D eigenvalue weighted by atomic mass is 16.5. The third kappa shape index (κ3) is 3.39. The Hall–Kier alpha value is -2.70. The van der Waals surface area contributed by atoms with Gasteiger partial charge in [-0.15, -0.1) is 0 Å². The van der Waals surface area contributed by atoms with E-state index in [1.165, 1.54) is 11.8 Å². The van der Waals surface area contributed by atoms with Gasteiger partial charge in [0.25, 0.3) is 11.5 Å². The Labute approximate surface area is 134 Å². The van der Waals surface area contributed by atoms with Crippen molar-refractivity contribution < 1.29 is 9.53 Å². The molecule has 0 saturated carbocycles. The zero-order valence-electron chi connectivity index (χ0n) is 13.8. The van der Waals surface area contributed by atoms with Crippen LogP contribution in [-0.4, -0.2) is 29.3 Å². The molecule has 0 spiro atoms. The molecule has 124 valence electrons. The summed E-state index contributed by atoms with van der Waals surface area (Å²) in [6, 6.07) is 5.52. The Bertz CT molecular complexity index is 761. The van der Waals surface area contributed by atoms with Crippen molar-refractivity contribution in [3.8, 4) is 5.88 Å². The van der Waals surface area contributed by atoms with Crippen molar-refractivity contribution in [2.24, 2.45) is 7.05 Å². The largest absolute Gasteiger partial charge is 0.481 e. The molecule has 0 bridgehead atoms. The number of ether oxygens (including phenoxy) is 1. The number of nitrogens with zero attached hydrogens (tertiary/aromatic N) is 1. The van der Waals surface area contributed by atoms with E-state index >= 15 is 0 Å². The van der Waals surface area contributed by atoms with E-state index in [-0.39, 0.29) is 18.0 Å². The maximum atomic E-state index is 12.4. The Balaban J connectivity index is 2.18. The number of carbonyl (C=O) groups is 1. The highest BCUT2D eigenvalue weighted by Crippen LogP contribution is 2.19. The first-order valence-corrected chi connectivity index (χ1v) is 7.43. The average molecular weight is 318 g/mol. The zero-order chi connectivity index (χ0) is 17.0. The van der Waals surface area contributed by atoms with E-state index in [9.17, 15) is 9.59 Å². The molecule has 0 aliphatic heterocycles. The minimum Gasteiger partial charge on any atom is -0.481 e. The molecule has 0 unspecified atom stereocenters. The van der Waals surface area contributed by atoms with Crippen LogP contribution in [0.25, 0.3) is 0 Å². The summed E-state index contributed by atoms with van der Waals surface area (Å²) in [6.07, 6.45) is 0. The second-order valence-corrected chi connectivity index (χ2v) is 5.18. The van der Waals surface area contributed by atoms with Crippen molar-refractivity contribution >= 4 is 11.6 Å². The van der Waals surface area contributed by atoms with Gasteiger partial charge in [0.2, 0.25) is 5.88 Å². The summed E-state index contributed by atoms with van der Waals surface area (Å²) in [4.78, 5) is 24.4. The Morgan fingerprint density at radius 1 is 1.39 bits per heavy atom. The van der Waals surface area contributed by atoms with Crippen molar-refractivity contribution in [3.05, 3.63) is 45.2 Å². The standard InChI is InChI=1S/C16H22N4O3/c1-5-17-13-8-6-7-11(10(13)2)14(21)18-9-12-15(23-4)19-20(3)16(12)22/h6-8,17,19H,5,9H2,1-4H3,(H,18,21). The first-order chi connectivity index (χ1) is 11.0. The van der Waals surface area contributed by atoms with Gasteiger partial charge in [0.05, 0.1) is 19.2 Å². The molecule has 1 aromatic heterocycles. The maximum Gasteiger partial charge on any atom is 0.275 e. The van der Waals surface area contributed by atoms with Crippen LogP contribution in [0.2, 0.25) is 0 Å². The van der Waals surface area contributed by atoms with Crippen LogP contribution >= 0.6 is 0 Å². The second-order valence-electron chi connectivity index (χ2n) is 5.18. The number of H-pyrrole nitrogens is 1. The summed E-state index contributed by atoms with van der Waals surface area (Å²) >= 11 is 0. The molecule has 1 amide bonds. The summed E-state index contributed by atoms with van der Waals surface area (Å²) in [6.45, 7) is 4.77. The number of methoxy groups -OCH3 is 1. The van der Waals surface area contributed by atoms with Crippen molar-refractivity contribution in [1.29, 1.82) is 0 Å². The van der Waals surface area contributed by atoms with Gasteiger partial charge in [-0.05, 0) is 31.5 Å². The first-order valence-electron chi connectivity index (χ1n) is 7.43. The van der Waals surface area contributed by atoms with E-state index in [1.807, 2.05) is 26.0 Å². The van der Waals surface area contributed by atoms with Crippen LogP contribution in [0, 0.1) is 6.92 Å². The monoisotopic (exact) mass is 318 g/mol. The SMILES string of the molecule is CCNc1cccc(C(=O)NCc2c(OC)[nH]n(C)c2=O)c1C. The molecule has 7 nitrogen and oxygen atoms in total. The Kier molecular flexibility index (Phi) is 5.10. The average Bonchev–Trinajstić information content (AvgIpc) is 2.82. The number of anilines is 1. The fourth-order valence-corrected chi connectivity index (χ4v) is 2.42. The minimum absolute atomic E-state index is 0.100. The number of benzene rings is 1. The van der Waals surface area contributed by atoms with Gasteiger partial charge in [0, 0.05) is 24.8 Å². The number of nitrogens with one attached hydrogen (secondary N) is 3. The minimum atomic E-state index is -0.229. The molecule has 0 saturated heterocycles. The zero-order valence-corrected chi connectivity index (χ0v) is 13.8. The van der Waals surface area contributed by atoms with E-state index in [0.29, 0.717) is 17.0 Å². The number of rotatable bonds is 6. The first kappa shape index (κ1) is 16.7. The quantitative estimate of drug-likeness (QED) is 0.751.